The molecule has 2 N–H and O–H groups in total. The van der Waals surface area contributed by atoms with E-state index in [-0.39, 0.29) is 11.9 Å². The number of carboxylic acid groups (broad SMARTS) is 1. The summed E-state index contributed by atoms with van der Waals surface area (Å²) in [6, 6.07) is 2.79. The third-order valence-electron chi connectivity index (χ3n) is 2.66. The first kappa shape index (κ1) is 11.4. The maximum Gasteiger partial charge on any atom is 0.327 e. The van der Waals surface area contributed by atoms with Gasteiger partial charge in [-0.25, -0.2) is 14.0 Å². The number of fused-ring (bicyclic) bond motifs is 1. The highest BCUT2D eigenvalue weighted by atomic mass is 19.1. The average molecular weight is 238 g/mol. The Morgan fingerprint density at radius 3 is 2.88 bits per heavy atom. The van der Waals surface area contributed by atoms with Crippen LogP contribution in [-0.4, -0.2) is 20.6 Å². The summed E-state index contributed by atoms with van der Waals surface area (Å²) in [4.78, 5) is 25.2. The molecule has 0 fully saturated rings. The van der Waals surface area contributed by atoms with Crippen molar-refractivity contribution in [1.82, 2.24) is 9.55 Å². The molecule has 0 spiro atoms. The second-order valence-corrected chi connectivity index (χ2v) is 3.72. The minimum Gasteiger partial charge on any atom is -0.480 e. The lowest BCUT2D eigenvalue weighted by molar-refractivity contribution is -0.141. The van der Waals surface area contributed by atoms with Crippen LogP contribution in [0.15, 0.2) is 23.0 Å². The van der Waals surface area contributed by atoms with Gasteiger partial charge < -0.3 is 10.1 Å². The summed E-state index contributed by atoms with van der Waals surface area (Å²) in [5.74, 6) is -1.62. The van der Waals surface area contributed by atoms with Crippen molar-refractivity contribution in [2.24, 2.45) is 0 Å². The largest absolute Gasteiger partial charge is 0.480 e. The van der Waals surface area contributed by atoms with E-state index in [0.29, 0.717) is 5.52 Å². The number of aromatic amines is 1. The topological polar surface area (TPSA) is 75.1 Å². The van der Waals surface area contributed by atoms with Crippen LogP contribution >= 0.6 is 0 Å². The average Bonchev–Trinajstić information content (AvgIpc) is 2.56. The summed E-state index contributed by atoms with van der Waals surface area (Å²) in [6.45, 7) is 1.66. The lowest BCUT2D eigenvalue weighted by atomic mass is 10.2. The van der Waals surface area contributed by atoms with Gasteiger partial charge in [-0.3, -0.25) is 4.57 Å². The van der Waals surface area contributed by atoms with E-state index in [1.54, 1.807) is 6.92 Å². The van der Waals surface area contributed by atoms with Crippen molar-refractivity contribution in [3.05, 3.63) is 34.5 Å². The van der Waals surface area contributed by atoms with E-state index in [0.717, 1.165) is 10.6 Å². The normalized spacial score (nSPS) is 12.8. The van der Waals surface area contributed by atoms with E-state index in [1.807, 2.05) is 0 Å². The first-order valence-electron chi connectivity index (χ1n) is 5.17. The molecule has 0 bridgehead atoms. The molecule has 0 aliphatic rings. The van der Waals surface area contributed by atoms with E-state index >= 15 is 0 Å². The number of nitrogens with one attached hydrogen (secondary N) is 1. The highest BCUT2D eigenvalue weighted by Crippen LogP contribution is 2.18. The predicted molar refractivity (Wildman–Crippen MR) is 59.5 cm³/mol. The number of benzene rings is 1. The highest BCUT2D eigenvalue weighted by molar-refractivity contribution is 5.79. The third-order valence-corrected chi connectivity index (χ3v) is 2.66. The molecule has 0 amide bonds. The van der Waals surface area contributed by atoms with Crippen LogP contribution in [0.5, 0.6) is 0 Å². The lowest BCUT2D eigenvalue weighted by Crippen LogP contribution is -2.27. The van der Waals surface area contributed by atoms with E-state index in [4.69, 9.17) is 5.11 Å². The number of hydrogen-bond acceptors (Lipinski definition) is 2. The van der Waals surface area contributed by atoms with Gasteiger partial charge in [-0.1, -0.05) is 6.92 Å². The highest BCUT2D eigenvalue weighted by Gasteiger charge is 2.22. The fraction of sp³-hybridized carbons (Fsp3) is 0.273. The number of carbonyl (C=O) groups is 1. The van der Waals surface area contributed by atoms with Crippen molar-refractivity contribution < 1.29 is 14.3 Å². The zero-order valence-electron chi connectivity index (χ0n) is 9.11. The molecule has 1 unspecified atom stereocenters. The molecule has 90 valence electrons. The molecule has 0 aliphatic heterocycles. The Bertz CT molecular complexity index is 629. The number of H-pyrrole nitrogens is 1. The van der Waals surface area contributed by atoms with Crippen molar-refractivity contribution in [3.8, 4) is 0 Å². The van der Waals surface area contributed by atoms with Gasteiger partial charge in [0, 0.05) is 0 Å². The Morgan fingerprint density at radius 1 is 1.59 bits per heavy atom. The molecule has 17 heavy (non-hydrogen) atoms. The number of rotatable bonds is 3. The summed E-state index contributed by atoms with van der Waals surface area (Å²) in [7, 11) is 0. The van der Waals surface area contributed by atoms with Gasteiger partial charge in [0.1, 0.15) is 11.9 Å². The fourth-order valence-electron chi connectivity index (χ4n) is 1.87. The molecule has 0 saturated heterocycles. The van der Waals surface area contributed by atoms with E-state index in [1.165, 1.54) is 12.1 Å². The predicted octanol–water partition coefficient (Wildman–Crippen LogP) is 1.50. The van der Waals surface area contributed by atoms with Crippen LogP contribution in [0.2, 0.25) is 0 Å². The molecule has 5 nitrogen and oxygen atoms in total. The van der Waals surface area contributed by atoms with Crippen LogP contribution < -0.4 is 5.69 Å². The first-order valence-corrected chi connectivity index (χ1v) is 5.17. The first-order chi connectivity index (χ1) is 8.04. The molecule has 2 rings (SSSR count). The number of carboxylic acids is 1. The molecule has 2 aromatic rings. The Kier molecular flexibility index (Phi) is 2.71. The van der Waals surface area contributed by atoms with Crippen molar-refractivity contribution in [3.63, 3.8) is 0 Å². The Hall–Kier alpha value is -2.11. The number of aromatic nitrogens is 2. The zero-order valence-corrected chi connectivity index (χ0v) is 9.11. The van der Waals surface area contributed by atoms with Gasteiger partial charge >= 0.3 is 11.7 Å². The quantitative estimate of drug-likeness (QED) is 0.850. The van der Waals surface area contributed by atoms with E-state index in [9.17, 15) is 14.0 Å². The summed E-state index contributed by atoms with van der Waals surface area (Å²) in [6.07, 6.45) is 0.249. The Balaban J connectivity index is 2.75. The molecule has 1 aromatic heterocycles. The maximum absolute atomic E-state index is 13.1. The van der Waals surface area contributed by atoms with Crippen molar-refractivity contribution in [1.29, 1.82) is 0 Å². The molecule has 0 saturated carbocycles. The molecular weight excluding hydrogens is 227 g/mol. The standard InChI is InChI=1S/C11H11FN2O3/c1-2-8(10(15)16)14-9-5-6(12)3-4-7(9)13-11(14)17/h3-5,8H,2H2,1H3,(H,13,17)(H,15,16). The minimum absolute atomic E-state index is 0.249. The summed E-state index contributed by atoms with van der Waals surface area (Å²) in [5.41, 5.74) is 0.153. The number of nitrogens with zero attached hydrogens (tertiary/aromatic N) is 1. The Morgan fingerprint density at radius 2 is 2.29 bits per heavy atom. The third kappa shape index (κ3) is 1.82. The fourth-order valence-corrected chi connectivity index (χ4v) is 1.87. The SMILES string of the molecule is CCC(C(=O)O)n1c(=O)[nH]c2ccc(F)cc21. The van der Waals surface area contributed by atoms with Gasteiger partial charge in [0.2, 0.25) is 0 Å². The van der Waals surface area contributed by atoms with Gasteiger partial charge in [-0.05, 0) is 24.6 Å². The molecule has 0 radical (unpaired) electrons. The second-order valence-electron chi connectivity index (χ2n) is 3.72. The maximum atomic E-state index is 13.1. The van der Waals surface area contributed by atoms with Crippen molar-refractivity contribution >= 4 is 17.0 Å². The van der Waals surface area contributed by atoms with Crippen LogP contribution in [0.25, 0.3) is 11.0 Å². The van der Waals surface area contributed by atoms with Gasteiger partial charge in [0.25, 0.3) is 0 Å². The number of halogens is 1. The van der Waals surface area contributed by atoms with Crippen LogP contribution in [0.4, 0.5) is 4.39 Å². The summed E-state index contributed by atoms with van der Waals surface area (Å²) >= 11 is 0. The van der Waals surface area contributed by atoms with Crippen molar-refractivity contribution in [2.75, 3.05) is 0 Å². The number of hydrogen-bond donors (Lipinski definition) is 2. The van der Waals surface area contributed by atoms with Crippen LogP contribution in [0.3, 0.4) is 0 Å². The zero-order chi connectivity index (χ0) is 12.6. The number of imidazole rings is 1. The molecule has 0 aliphatic carbocycles. The smallest absolute Gasteiger partial charge is 0.327 e. The van der Waals surface area contributed by atoms with Gasteiger partial charge in [0.05, 0.1) is 11.0 Å². The Labute approximate surface area is 95.5 Å². The summed E-state index contributed by atoms with van der Waals surface area (Å²) in [5, 5.41) is 9.03. The van der Waals surface area contributed by atoms with E-state index < -0.39 is 23.5 Å². The minimum atomic E-state index is -1.11. The summed E-state index contributed by atoms with van der Waals surface area (Å²) < 4.78 is 14.2. The van der Waals surface area contributed by atoms with Gasteiger partial charge in [0.15, 0.2) is 0 Å². The monoisotopic (exact) mass is 238 g/mol. The van der Waals surface area contributed by atoms with Crippen LogP contribution in [-0.2, 0) is 4.79 Å². The van der Waals surface area contributed by atoms with Crippen molar-refractivity contribution in [2.45, 2.75) is 19.4 Å². The molecule has 1 heterocycles. The molecular formula is C11H11FN2O3. The molecule has 1 atom stereocenters. The number of aliphatic carboxylic acids is 1. The van der Waals surface area contributed by atoms with E-state index in [2.05, 4.69) is 4.98 Å². The second kappa shape index (κ2) is 4.04. The lowest BCUT2D eigenvalue weighted by Gasteiger charge is -2.11. The van der Waals surface area contributed by atoms with Gasteiger partial charge in [-0.2, -0.15) is 0 Å². The van der Waals surface area contributed by atoms with Crippen LogP contribution in [0.1, 0.15) is 19.4 Å². The van der Waals surface area contributed by atoms with Gasteiger partial charge in [-0.15, -0.1) is 0 Å². The molecule has 1 aromatic carbocycles. The molecule has 6 heteroatoms. The van der Waals surface area contributed by atoms with Crippen LogP contribution in [0, 0.1) is 5.82 Å².